The molecular formula is C19H19F2N5O2. The van der Waals surface area contributed by atoms with Crippen LogP contribution in [0.3, 0.4) is 0 Å². The van der Waals surface area contributed by atoms with Crippen LogP contribution in [0.5, 0.6) is 0 Å². The van der Waals surface area contributed by atoms with Crippen LogP contribution < -0.4 is 5.32 Å². The van der Waals surface area contributed by atoms with Crippen molar-refractivity contribution in [3.8, 4) is 11.1 Å². The maximum atomic E-state index is 14.5. The van der Waals surface area contributed by atoms with Gasteiger partial charge < -0.3 is 10.1 Å². The van der Waals surface area contributed by atoms with Crippen LogP contribution in [0.2, 0.25) is 0 Å². The van der Waals surface area contributed by atoms with Gasteiger partial charge in [-0.05, 0) is 45.4 Å². The predicted molar refractivity (Wildman–Crippen MR) is 99.3 cm³/mol. The van der Waals surface area contributed by atoms with E-state index < -0.39 is 23.3 Å². The van der Waals surface area contributed by atoms with Crippen molar-refractivity contribution in [3.05, 3.63) is 54.2 Å². The molecule has 0 amide bonds. The summed E-state index contributed by atoms with van der Waals surface area (Å²) in [5, 5.41) is 6.57. The van der Waals surface area contributed by atoms with E-state index in [1.54, 1.807) is 33.8 Å². The lowest BCUT2D eigenvalue weighted by atomic mass is 10.1. The van der Waals surface area contributed by atoms with Gasteiger partial charge in [0, 0.05) is 11.8 Å². The summed E-state index contributed by atoms with van der Waals surface area (Å²) in [5.41, 5.74) is 0.426. The molecule has 1 N–H and O–H groups in total. The van der Waals surface area contributed by atoms with E-state index in [0.717, 1.165) is 10.9 Å². The molecule has 2 heterocycles. The van der Waals surface area contributed by atoms with Crippen LogP contribution in [-0.2, 0) is 4.74 Å². The van der Waals surface area contributed by atoms with Crippen LogP contribution in [0.1, 0.15) is 26.6 Å². The van der Waals surface area contributed by atoms with Crippen molar-refractivity contribution < 1.29 is 18.3 Å². The number of halogens is 2. The Kier molecular flexibility index (Phi) is 5.08. The molecule has 1 aromatic carbocycles. The van der Waals surface area contributed by atoms with Gasteiger partial charge in [0.1, 0.15) is 17.2 Å². The van der Waals surface area contributed by atoms with E-state index in [0.29, 0.717) is 17.0 Å². The fourth-order valence-corrected chi connectivity index (χ4v) is 2.35. The molecule has 0 unspecified atom stereocenters. The van der Waals surface area contributed by atoms with E-state index >= 15 is 0 Å². The van der Waals surface area contributed by atoms with E-state index in [2.05, 4.69) is 20.4 Å². The molecule has 0 radical (unpaired) electrons. The van der Waals surface area contributed by atoms with Crippen molar-refractivity contribution in [2.24, 2.45) is 0 Å². The molecule has 0 atom stereocenters. The third-order valence-corrected chi connectivity index (χ3v) is 3.58. The Morgan fingerprint density at radius 2 is 1.89 bits per heavy atom. The Morgan fingerprint density at radius 3 is 2.57 bits per heavy atom. The average Bonchev–Trinajstić information content (AvgIpc) is 3.08. The fraction of sp³-hybridized carbons (Fsp3) is 0.263. The summed E-state index contributed by atoms with van der Waals surface area (Å²) in [6.45, 7) is 6.85. The lowest BCUT2D eigenvalue weighted by Gasteiger charge is -2.18. The molecule has 28 heavy (non-hydrogen) atoms. The number of nitrogens with one attached hydrogen (secondary N) is 1. The molecule has 146 valence electrons. The molecule has 0 saturated carbocycles. The molecule has 0 aliphatic heterocycles. The van der Waals surface area contributed by atoms with Gasteiger partial charge >= 0.3 is 6.09 Å². The number of hydrogen-bond acceptors (Lipinski definition) is 6. The molecule has 7 nitrogen and oxygen atoms in total. The first-order valence-corrected chi connectivity index (χ1v) is 8.46. The number of anilines is 2. The van der Waals surface area contributed by atoms with Gasteiger partial charge in [-0.15, -0.1) is 0 Å². The summed E-state index contributed by atoms with van der Waals surface area (Å²) >= 11 is 0. The van der Waals surface area contributed by atoms with Gasteiger partial charge in [-0.2, -0.15) is 9.78 Å². The Balaban J connectivity index is 1.81. The number of ether oxygens (including phenoxy) is 1. The van der Waals surface area contributed by atoms with Gasteiger partial charge in [-0.3, -0.25) is 0 Å². The van der Waals surface area contributed by atoms with Crippen LogP contribution in [0.15, 0.2) is 36.8 Å². The lowest BCUT2D eigenvalue weighted by Crippen LogP contribution is -2.27. The molecule has 9 heteroatoms. The largest absolute Gasteiger partial charge is 0.442 e. The van der Waals surface area contributed by atoms with Crippen molar-refractivity contribution in [2.45, 2.75) is 33.3 Å². The highest BCUT2D eigenvalue weighted by molar-refractivity contribution is 5.73. The topological polar surface area (TPSA) is 81.9 Å². The SMILES string of the molecule is Cc1ncc(F)c(Nc2ccc(-c3cnn(C(=O)OC(C)(C)C)c3)cc2F)n1. The Labute approximate surface area is 160 Å². The van der Waals surface area contributed by atoms with Crippen molar-refractivity contribution in [1.82, 2.24) is 19.7 Å². The average molecular weight is 387 g/mol. The highest BCUT2D eigenvalue weighted by Crippen LogP contribution is 2.26. The number of carbonyl (C=O) groups excluding carboxylic acids is 1. The summed E-state index contributed by atoms with van der Waals surface area (Å²) in [4.78, 5) is 19.7. The summed E-state index contributed by atoms with van der Waals surface area (Å²) in [6.07, 6.45) is 3.26. The number of aromatic nitrogens is 4. The maximum Gasteiger partial charge on any atom is 0.435 e. The smallest absolute Gasteiger partial charge is 0.435 e. The van der Waals surface area contributed by atoms with E-state index in [-0.39, 0.29) is 11.5 Å². The van der Waals surface area contributed by atoms with Crippen molar-refractivity contribution in [3.63, 3.8) is 0 Å². The zero-order valence-electron chi connectivity index (χ0n) is 15.8. The zero-order chi connectivity index (χ0) is 20.5. The number of rotatable bonds is 3. The fourth-order valence-electron chi connectivity index (χ4n) is 2.35. The van der Waals surface area contributed by atoms with Crippen molar-refractivity contribution >= 4 is 17.6 Å². The van der Waals surface area contributed by atoms with Gasteiger partial charge in [0.15, 0.2) is 11.6 Å². The number of hydrogen-bond donors (Lipinski definition) is 1. The molecule has 3 rings (SSSR count). The molecule has 0 aliphatic carbocycles. The first kappa shape index (κ1) is 19.4. The van der Waals surface area contributed by atoms with Gasteiger partial charge in [0.05, 0.1) is 18.1 Å². The standard InChI is InChI=1S/C19H19F2N5O2/c1-11-22-9-15(21)17(24-11)25-16-6-5-12(7-14(16)20)13-8-23-26(10-13)18(27)28-19(2,3)4/h5-10H,1-4H3,(H,22,24,25). The molecular weight excluding hydrogens is 368 g/mol. The van der Waals surface area contributed by atoms with Crippen LogP contribution in [0.25, 0.3) is 11.1 Å². The molecule has 0 saturated heterocycles. The van der Waals surface area contributed by atoms with Crippen LogP contribution in [0.4, 0.5) is 25.1 Å². The van der Waals surface area contributed by atoms with E-state index in [1.165, 1.54) is 24.5 Å². The summed E-state index contributed by atoms with van der Waals surface area (Å²) < 4.78 is 34.5. The predicted octanol–water partition coefficient (Wildman–Crippen LogP) is 4.45. The molecule has 0 fully saturated rings. The van der Waals surface area contributed by atoms with Gasteiger partial charge in [-0.1, -0.05) is 6.07 Å². The second kappa shape index (κ2) is 7.34. The summed E-state index contributed by atoms with van der Waals surface area (Å²) in [5.74, 6) is -1.06. The van der Waals surface area contributed by atoms with Crippen LogP contribution in [0, 0.1) is 18.6 Å². The quantitative estimate of drug-likeness (QED) is 0.715. The number of carbonyl (C=O) groups is 1. The highest BCUT2D eigenvalue weighted by atomic mass is 19.1. The number of benzene rings is 1. The van der Waals surface area contributed by atoms with Gasteiger partial charge in [-0.25, -0.2) is 23.5 Å². The van der Waals surface area contributed by atoms with Crippen LogP contribution >= 0.6 is 0 Å². The minimum absolute atomic E-state index is 0.0558. The Bertz CT molecular complexity index is 1030. The van der Waals surface area contributed by atoms with Crippen LogP contribution in [-0.4, -0.2) is 31.4 Å². The molecule has 0 bridgehead atoms. The molecule has 0 spiro atoms. The van der Waals surface area contributed by atoms with E-state index in [1.807, 2.05) is 0 Å². The second-order valence-corrected chi connectivity index (χ2v) is 7.09. The van der Waals surface area contributed by atoms with Gasteiger partial charge in [0.2, 0.25) is 0 Å². The van der Waals surface area contributed by atoms with Crippen molar-refractivity contribution in [1.29, 1.82) is 0 Å². The number of nitrogens with zero attached hydrogens (tertiary/aromatic N) is 4. The minimum atomic E-state index is -0.687. The third kappa shape index (κ3) is 4.48. The Hall–Kier alpha value is -3.36. The Morgan fingerprint density at radius 1 is 1.14 bits per heavy atom. The monoisotopic (exact) mass is 387 g/mol. The van der Waals surface area contributed by atoms with Crippen molar-refractivity contribution in [2.75, 3.05) is 5.32 Å². The first-order valence-electron chi connectivity index (χ1n) is 8.46. The minimum Gasteiger partial charge on any atom is -0.442 e. The first-order chi connectivity index (χ1) is 13.1. The summed E-state index contributed by atoms with van der Waals surface area (Å²) in [6, 6.07) is 4.32. The van der Waals surface area contributed by atoms with E-state index in [9.17, 15) is 13.6 Å². The third-order valence-electron chi connectivity index (χ3n) is 3.58. The number of aryl methyl sites for hydroxylation is 1. The normalized spacial score (nSPS) is 11.4. The van der Waals surface area contributed by atoms with E-state index in [4.69, 9.17) is 4.74 Å². The zero-order valence-corrected chi connectivity index (χ0v) is 15.8. The highest BCUT2D eigenvalue weighted by Gasteiger charge is 2.19. The molecule has 3 aromatic rings. The van der Waals surface area contributed by atoms with Gasteiger partial charge in [0.25, 0.3) is 0 Å². The summed E-state index contributed by atoms with van der Waals surface area (Å²) in [7, 11) is 0. The second-order valence-electron chi connectivity index (χ2n) is 7.09. The maximum absolute atomic E-state index is 14.5. The molecule has 2 aromatic heterocycles. The molecule has 0 aliphatic rings. The lowest BCUT2D eigenvalue weighted by molar-refractivity contribution is 0.0514.